The molecule has 0 N–H and O–H groups in total. The van der Waals surface area contributed by atoms with Crippen molar-refractivity contribution in [2.45, 2.75) is 31.7 Å². The van der Waals surface area contributed by atoms with Gasteiger partial charge in [-0.1, -0.05) is 18.9 Å². The highest BCUT2D eigenvalue weighted by Gasteiger charge is 2.29. The Labute approximate surface area is 146 Å². The molecule has 2 aromatic heterocycles. The number of amides is 1. The SMILES string of the molecule is O=C(c1cccc(-n2cccn2)c1)N1CCCCC[C@@H]1c1ccco1. The van der Waals surface area contributed by atoms with E-state index >= 15 is 0 Å². The van der Waals surface area contributed by atoms with Crippen molar-refractivity contribution in [2.24, 2.45) is 0 Å². The Kier molecular flexibility index (Phi) is 4.37. The smallest absolute Gasteiger partial charge is 0.254 e. The van der Waals surface area contributed by atoms with Crippen LogP contribution in [0.5, 0.6) is 0 Å². The summed E-state index contributed by atoms with van der Waals surface area (Å²) in [6.07, 6.45) is 9.52. The molecule has 5 heteroatoms. The molecule has 0 bridgehead atoms. The van der Waals surface area contributed by atoms with Gasteiger partial charge in [0.1, 0.15) is 5.76 Å². The standard InChI is InChI=1S/C20H21N3O2/c24-20(16-7-4-8-17(15-16)23-13-6-11-21-23)22-12-3-1-2-9-18(22)19-10-5-14-25-19/h4-8,10-11,13-15,18H,1-3,9,12H2/t18-/m1/s1. The number of hydrogen-bond donors (Lipinski definition) is 0. The van der Waals surface area contributed by atoms with Crippen LogP contribution in [-0.4, -0.2) is 27.1 Å². The summed E-state index contributed by atoms with van der Waals surface area (Å²) >= 11 is 0. The molecule has 1 fully saturated rings. The average Bonchev–Trinajstić information content (AvgIpc) is 3.32. The molecule has 1 atom stereocenters. The summed E-state index contributed by atoms with van der Waals surface area (Å²) in [5.41, 5.74) is 1.58. The fourth-order valence-electron chi connectivity index (χ4n) is 3.50. The summed E-state index contributed by atoms with van der Waals surface area (Å²) in [6, 6.07) is 13.4. The number of aromatic nitrogens is 2. The predicted molar refractivity (Wildman–Crippen MR) is 94.5 cm³/mol. The normalized spacial score (nSPS) is 18.1. The Bertz CT molecular complexity index is 825. The van der Waals surface area contributed by atoms with Crippen molar-refractivity contribution < 1.29 is 9.21 Å². The summed E-state index contributed by atoms with van der Waals surface area (Å²) < 4.78 is 7.39. The van der Waals surface area contributed by atoms with Crippen LogP contribution in [-0.2, 0) is 0 Å². The van der Waals surface area contributed by atoms with Crippen LogP contribution < -0.4 is 0 Å². The second-order valence-corrected chi connectivity index (χ2v) is 6.38. The van der Waals surface area contributed by atoms with E-state index < -0.39 is 0 Å². The largest absolute Gasteiger partial charge is 0.467 e. The minimum atomic E-state index is 0.0124. The average molecular weight is 335 g/mol. The Morgan fingerprint density at radius 3 is 2.88 bits per heavy atom. The molecule has 0 radical (unpaired) electrons. The molecular weight excluding hydrogens is 314 g/mol. The van der Waals surface area contributed by atoms with E-state index in [1.165, 1.54) is 0 Å². The van der Waals surface area contributed by atoms with Crippen molar-refractivity contribution in [3.8, 4) is 5.69 Å². The molecule has 1 saturated heterocycles. The molecular formula is C20H21N3O2. The monoisotopic (exact) mass is 335 g/mol. The minimum absolute atomic E-state index is 0.0124. The van der Waals surface area contributed by atoms with Crippen LogP contribution in [0.4, 0.5) is 0 Å². The van der Waals surface area contributed by atoms with Crippen LogP contribution in [0, 0.1) is 0 Å². The van der Waals surface area contributed by atoms with Gasteiger partial charge in [0, 0.05) is 24.5 Å². The second-order valence-electron chi connectivity index (χ2n) is 6.38. The van der Waals surface area contributed by atoms with E-state index in [4.69, 9.17) is 4.42 Å². The summed E-state index contributed by atoms with van der Waals surface area (Å²) in [6.45, 7) is 0.760. The molecule has 4 rings (SSSR count). The maximum Gasteiger partial charge on any atom is 0.254 e. The first kappa shape index (κ1) is 15.7. The van der Waals surface area contributed by atoms with Gasteiger partial charge < -0.3 is 9.32 Å². The van der Waals surface area contributed by atoms with Gasteiger partial charge in [-0.05, 0) is 49.2 Å². The van der Waals surface area contributed by atoms with Crippen molar-refractivity contribution in [3.63, 3.8) is 0 Å². The van der Waals surface area contributed by atoms with E-state index in [0.29, 0.717) is 5.56 Å². The number of furan rings is 1. The molecule has 0 saturated carbocycles. The number of carbonyl (C=O) groups excluding carboxylic acids is 1. The number of nitrogens with zero attached hydrogens (tertiary/aromatic N) is 3. The van der Waals surface area contributed by atoms with Gasteiger partial charge in [-0.25, -0.2) is 4.68 Å². The quantitative estimate of drug-likeness (QED) is 0.720. The molecule has 1 aliphatic heterocycles. The zero-order valence-electron chi connectivity index (χ0n) is 14.0. The number of hydrogen-bond acceptors (Lipinski definition) is 3. The second kappa shape index (κ2) is 6.97. The zero-order valence-corrected chi connectivity index (χ0v) is 14.0. The molecule has 5 nitrogen and oxygen atoms in total. The summed E-state index contributed by atoms with van der Waals surface area (Å²) in [5, 5.41) is 4.25. The molecule has 3 aromatic rings. The molecule has 1 amide bonds. The lowest BCUT2D eigenvalue weighted by Gasteiger charge is -2.29. The van der Waals surface area contributed by atoms with Gasteiger partial charge in [0.25, 0.3) is 5.91 Å². The van der Waals surface area contributed by atoms with E-state index in [1.54, 1.807) is 17.1 Å². The van der Waals surface area contributed by atoms with Crippen LogP contribution in [0.25, 0.3) is 5.69 Å². The third kappa shape index (κ3) is 3.22. The van der Waals surface area contributed by atoms with Gasteiger partial charge >= 0.3 is 0 Å². The van der Waals surface area contributed by atoms with Crippen LogP contribution in [0.1, 0.15) is 47.8 Å². The maximum atomic E-state index is 13.2. The molecule has 25 heavy (non-hydrogen) atoms. The number of likely N-dealkylation sites (tertiary alicyclic amines) is 1. The summed E-state index contributed by atoms with van der Waals surface area (Å²) in [4.78, 5) is 15.2. The van der Waals surface area contributed by atoms with Gasteiger partial charge in [-0.15, -0.1) is 0 Å². The van der Waals surface area contributed by atoms with Crippen molar-refractivity contribution in [1.29, 1.82) is 0 Å². The van der Waals surface area contributed by atoms with Gasteiger partial charge in [0.15, 0.2) is 0 Å². The van der Waals surface area contributed by atoms with Crippen LogP contribution in [0.15, 0.2) is 65.5 Å². The highest BCUT2D eigenvalue weighted by Crippen LogP contribution is 2.31. The minimum Gasteiger partial charge on any atom is -0.467 e. The number of benzene rings is 1. The zero-order chi connectivity index (χ0) is 17.1. The summed E-state index contributed by atoms with van der Waals surface area (Å²) in [5.74, 6) is 0.927. The van der Waals surface area contributed by atoms with Crippen molar-refractivity contribution in [3.05, 3.63) is 72.4 Å². The Morgan fingerprint density at radius 1 is 1.12 bits per heavy atom. The fourth-order valence-corrected chi connectivity index (χ4v) is 3.50. The lowest BCUT2D eigenvalue weighted by atomic mass is 10.1. The van der Waals surface area contributed by atoms with Crippen molar-refractivity contribution in [1.82, 2.24) is 14.7 Å². The highest BCUT2D eigenvalue weighted by atomic mass is 16.3. The topological polar surface area (TPSA) is 51.3 Å². The third-order valence-electron chi connectivity index (χ3n) is 4.75. The fraction of sp³-hybridized carbons (Fsp3) is 0.300. The lowest BCUT2D eigenvalue weighted by Crippen LogP contribution is -2.34. The van der Waals surface area contributed by atoms with Gasteiger partial charge in [-0.2, -0.15) is 5.10 Å². The first-order chi connectivity index (χ1) is 12.3. The molecule has 0 aliphatic carbocycles. The van der Waals surface area contributed by atoms with Crippen LogP contribution >= 0.6 is 0 Å². The first-order valence-electron chi connectivity index (χ1n) is 8.77. The molecule has 1 aliphatic rings. The third-order valence-corrected chi connectivity index (χ3v) is 4.75. The van der Waals surface area contributed by atoms with E-state index in [0.717, 1.165) is 43.7 Å². The molecule has 3 heterocycles. The number of carbonyl (C=O) groups is 1. The Hall–Kier alpha value is -2.82. The van der Waals surface area contributed by atoms with Crippen molar-refractivity contribution >= 4 is 5.91 Å². The molecule has 1 aromatic carbocycles. The summed E-state index contributed by atoms with van der Waals surface area (Å²) in [7, 11) is 0. The van der Waals surface area contributed by atoms with Crippen molar-refractivity contribution in [2.75, 3.05) is 6.54 Å². The predicted octanol–water partition coefficient (Wildman–Crippen LogP) is 4.22. The van der Waals surface area contributed by atoms with Crippen LogP contribution in [0.2, 0.25) is 0 Å². The molecule has 128 valence electrons. The van der Waals surface area contributed by atoms with Gasteiger partial charge in [0.2, 0.25) is 0 Å². The molecule has 0 unspecified atom stereocenters. The van der Waals surface area contributed by atoms with E-state index in [-0.39, 0.29) is 11.9 Å². The Morgan fingerprint density at radius 2 is 2.08 bits per heavy atom. The highest BCUT2D eigenvalue weighted by molar-refractivity contribution is 5.95. The number of rotatable bonds is 3. The Balaban J connectivity index is 1.65. The van der Waals surface area contributed by atoms with Gasteiger partial charge in [0.05, 0.1) is 18.0 Å². The lowest BCUT2D eigenvalue weighted by molar-refractivity contribution is 0.0658. The van der Waals surface area contributed by atoms with Crippen LogP contribution in [0.3, 0.4) is 0 Å². The molecule has 0 spiro atoms. The van der Waals surface area contributed by atoms with E-state index in [1.807, 2.05) is 53.6 Å². The maximum absolute atomic E-state index is 13.2. The van der Waals surface area contributed by atoms with E-state index in [2.05, 4.69) is 5.10 Å². The van der Waals surface area contributed by atoms with Gasteiger partial charge in [-0.3, -0.25) is 4.79 Å². The first-order valence-corrected chi connectivity index (χ1v) is 8.77. The van der Waals surface area contributed by atoms with E-state index in [9.17, 15) is 4.79 Å².